The number of aliphatic hydroxyl groups is 1. The van der Waals surface area contributed by atoms with Crippen molar-refractivity contribution in [2.24, 2.45) is 0 Å². The molecular formula is C14H15NOS. The average Bonchev–Trinajstić information content (AvgIpc) is 2.40. The fraction of sp³-hybridized carbons (Fsp3) is 0.214. The Kier molecular flexibility index (Phi) is 4.18. The highest BCUT2D eigenvalue weighted by Gasteiger charge is 2.09. The van der Waals surface area contributed by atoms with E-state index in [2.05, 4.69) is 11.9 Å². The summed E-state index contributed by atoms with van der Waals surface area (Å²) in [5, 5.41) is 10.2. The van der Waals surface area contributed by atoms with Crippen LogP contribution in [0.15, 0.2) is 53.7 Å². The lowest BCUT2D eigenvalue weighted by atomic mass is 10.0. The highest BCUT2D eigenvalue weighted by molar-refractivity contribution is 7.99. The summed E-state index contributed by atoms with van der Waals surface area (Å²) < 4.78 is 0. The van der Waals surface area contributed by atoms with Gasteiger partial charge in [0, 0.05) is 22.9 Å². The number of aromatic nitrogens is 1. The van der Waals surface area contributed by atoms with Crippen LogP contribution in [-0.4, -0.2) is 15.8 Å². The minimum atomic E-state index is -0.593. The Labute approximate surface area is 106 Å². The van der Waals surface area contributed by atoms with Crippen molar-refractivity contribution in [2.75, 3.05) is 5.75 Å². The molecule has 1 unspecified atom stereocenters. The fourth-order valence-corrected chi connectivity index (χ4v) is 2.31. The number of benzene rings is 1. The standard InChI is InChI=1S/C14H15NOS/c1-2-17-13-7-5-11(6-8-13)14(16)12-4-3-9-15-10-12/h3-10,14,16H,2H2,1H3. The van der Waals surface area contributed by atoms with Gasteiger partial charge < -0.3 is 5.11 Å². The lowest BCUT2D eigenvalue weighted by Gasteiger charge is -2.11. The zero-order valence-electron chi connectivity index (χ0n) is 9.71. The number of hydrogen-bond acceptors (Lipinski definition) is 3. The van der Waals surface area contributed by atoms with E-state index in [1.54, 1.807) is 24.2 Å². The molecule has 1 atom stereocenters. The highest BCUT2D eigenvalue weighted by atomic mass is 32.2. The smallest absolute Gasteiger partial charge is 0.106 e. The van der Waals surface area contributed by atoms with E-state index in [0.29, 0.717) is 0 Å². The van der Waals surface area contributed by atoms with E-state index < -0.39 is 6.10 Å². The zero-order chi connectivity index (χ0) is 12.1. The normalized spacial score (nSPS) is 12.4. The molecule has 2 nitrogen and oxygen atoms in total. The van der Waals surface area contributed by atoms with Crippen LogP contribution in [0.4, 0.5) is 0 Å². The van der Waals surface area contributed by atoms with Crippen molar-refractivity contribution in [3.8, 4) is 0 Å². The van der Waals surface area contributed by atoms with Gasteiger partial charge in [0.15, 0.2) is 0 Å². The summed E-state index contributed by atoms with van der Waals surface area (Å²) in [6, 6.07) is 11.7. The molecule has 17 heavy (non-hydrogen) atoms. The monoisotopic (exact) mass is 245 g/mol. The molecule has 0 amide bonds. The maximum absolute atomic E-state index is 10.2. The summed E-state index contributed by atoms with van der Waals surface area (Å²) in [6.45, 7) is 2.13. The summed E-state index contributed by atoms with van der Waals surface area (Å²) in [6.07, 6.45) is 2.81. The van der Waals surface area contributed by atoms with Crippen LogP contribution >= 0.6 is 11.8 Å². The Balaban J connectivity index is 2.17. The van der Waals surface area contributed by atoms with Crippen LogP contribution in [0.25, 0.3) is 0 Å². The van der Waals surface area contributed by atoms with E-state index in [0.717, 1.165) is 16.9 Å². The second-order valence-electron chi connectivity index (χ2n) is 3.69. The van der Waals surface area contributed by atoms with Crippen LogP contribution in [0.3, 0.4) is 0 Å². The van der Waals surface area contributed by atoms with Crippen molar-refractivity contribution in [3.05, 3.63) is 59.9 Å². The van der Waals surface area contributed by atoms with Crippen molar-refractivity contribution in [1.82, 2.24) is 4.98 Å². The van der Waals surface area contributed by atoms with Gasteiger partial charge in [-0.1, -0.05) is 25.1 Å². The first-order chi connectivity index (χ1) is 8.31. The summed E-state index contributed by atoms with van der Waals surface area (Å²) >= 11 is 1.80. The minimum Gasteiger partial charge on any atom is -0.384 e. The van der Waals surface area contributed by atoms with Crippen LogP contribution in [0.1, 0.15) is 24.2 Å². The summed E-state index contributed by atoms with van der Waals surface area (Å²) in [5.74, 6) is 1.06. The van der Waals surface area contributed by atoms with E-state index in [1.165, 1.54) is 4.90 Å². The molecule has 88 valence electrons. The molecule has 3 heteroatoms. The average molecular weight is 245 g/mol. The largest absolute Gasteiger partial charge is 0.384 e. The van der Waals surface area contributed by atoms with Gasteiger partial charge in [-0.25, -0.2) is 0 Å². The van der Waals surface area contributed by atoms with Gasteiger partial charge in [0.05, 0.1) is 0 Å². The van der Waals surface area contributed by atoms with Crippen LogP contribution < -0.4 is 0 Å². The van der Waals surface area contributed by atoms with E-state index in [4.69, 9.17) is 0 Å². The molecule has 0 fully saturated rings. The quantitative estimate of drug-likeness (QED) is 0.839. The molecule has 0 aliphatic carbocycles. The molecule has 0 aliphatic rings. The number of thioether (sulfide) groups is 1. The van der Waals surface area contributed by atoms with Crippen molar-refractivity contribution in [3.63, 3.8) is 0 Å². The van der Waals surface area contributed by atoms with Crippen LogP contribution in [0.2, 0.25) is 0 Å². The predicted octanol–water partition coefficient (Wildman–Crippen LogP) is 3.28. The molecule has 1 heterocycles. The van der Waals surface area contributed by atoms with Crippen LogP contribution in [0, 0.1) is 0 Å². The lowest BCUT2D eigenvalue weighted by molar-refractivity contribution is 0.220. The van der Waals surface area contributed by atoms with Crippen molar-refractivity contribution >= 4 is 11.8 Å². The predicted molar refractivity (Wildman–Crippen MR) is 71.1 cm³/mol. The van der Waals surface area contributed by atoms with Crippen molar-refractivity contribution in [1.29, 1.82) is 0 Å². The molecule has 0 spiro atoms. The molecule has 0 bridgehead atoms. The molecule has 0 saturated carbocycles. The second kappa shape index (κ2) is 5.84. The first kappa shape index (κ1) is 12.1. The molecule has 2 aromatic rings. The maximum atomic E-state index is 10.2. The highest BCUT2D eigenvalue weighted by Crippen LogP contribution is 2.24. The van der Waals surface area contributed by atoms with E-state index in [9.17, 15) is 5.11 Å². The Morgan fingerprint density at radius 3 is 2.53 bits per heavy atom. The molecule has 1 aromatic carbocycles. The first-order valence-corrected chi connectivity index (χ1v) is 6.60. The summed E-state index contributed by atoms with van der Waals surface area (Å²) in [7, 11) is 0. The van der Waals surface area contributed by atoms with E-state index >= 15 is 0 Å². The molecule has 2 rings (SSSR count). The zero-order valence-corrected chi connectivity index (χ0v) is 10.5. The second-order valence-corrected chi connectivity index (χ2v) is 5.03. The molecular weight excluding hydrogens is 230 g/mol. The number of aliphatic hydroxyl groups excluding tert-OH is 1. The molecule has 0 aliphatic heterocycles. The van der Waals surface area contributed by atoms with Crippen molar-refractivity contribution in [2.45, 2.75) is 17.9 Å². The van der Waals surface area contributed by atoms with Crippen LogP contribution in [-0.2, 0) is 0 Å². The number of nitrogens with zero attached hydrogens (tertiary/aromatic N) is 1. The summed E-state index contributed by atoms with van der Waals surface area (Å²) in [5.41, 5.74) is 1.72. The Morgan fingerprint density at radius 2 is 1.94 bits per heavy atom. The Hall–Kier alpha value is -1.32. The Morgan fingerprint density at radius 1 is 1.18 bits per heavy atom. The molecule has 0 radical (unpaired) electrons. The van der Waals surface area contributed by atoms with Crippen LogP contribution in [0.5, 0.6) is 0 Å². The van der Waals surface area contributed by atoms with Gasteiger partial charge in [-0.2, -0.15) is 0 Å². The van der Waals surface area contributed by atoms with Gasteiger partial charge in [0.25, 0.3) is 0 Å². The minimum absolute atomic E-state index is 0.593. The van der Waals surface area contributed by atoms with Crippen molar-refractivity contribution < 1.29 is 5.11 Å². The number of pyridine rings is 1. The molecule has 0 saturated heterocycles. The lowest BCUT2D eigenvalue weighted by Crippen LogP contribution is -1.99. The van der Waals surface area contributed by atoms with Gasteiger partial charge in [0.1, 0.15) is 6.10 Å². The van der Waals surface area contributed by atoms with Gasteiger partial charge in [-0.15, -0.1) is 11.8 Å². The molecule has 1 aromatic heterocycles. The molecule has 1 N–H and O–H groups in total. The van der Waals surface area contributed by atoms with E-state index in [1.807, 2.05) is 36.4 Å². The third-order valence-corrected chi connectivity index (χ3v) is 3.40. The third kappa shape index (κ3) is 3.08. The SMILES string of the molecule is CCSc1ccc(C(O)c2cccnc2)cc1. The Bertz CT molecular complexity index is 455. The van der Waals surface area contributed by atoms with Gasteiger partial charge in [-0.05, 0) is 29.5 Å². The number of hydrogen-bond donors (Lipinski definition) is 1. The summed E-state index contributed by atoms with van der Waals surface area (Å²) in [4.78, 5) is 5.25. The maximum Gasteiger partial charge on any atom is 0.106 e. The van der Waals surface area contributed by atoms with Gasteiger partial charge in [-0.3, -0.25) is 4.98 Å². The third-order valence-electron chi connectivity index (χ3n) is 2.51. The topological polar surface area (TPSA) is 33.1 Å². The van der Waals surface area contributed by atoms with E-state index in [-0.39, 0.29) is 0 Å². The number of rotatable bonds is 4. The van der Waals surface area contributed by atoms with Gasteiger partial charge in [0.2, 0.25) is 0 Å². The fourth-order valence-electron chi connectivity index (χ4n) is 1.64. The van der Waals surface area contributed by atoms with Gasteiger partial charge >= 0.3 is 0 Å². The first-order valence-electron chi connectivity index (χ1n) is 5.62.